The number of carbonyl (C=O) groups is 1. The summed E-state index contributed by atoms with van der Waals surface area (Å²) in [6.45, 7) is 1.04. The molecule has 0 bridgehead atoms. The van der Waals surface area contributed by atoms with Crippen LogP contribution in [0.2, 0.25) is 0 Å². The molecule has 0 unspecified atom stereocenters. The Kier molecular flexibility index (Phi) is 5.68. The SMILES string of the molecule is CNCC(=O)NCCc1c[nH]c2ccccc12.Cl. The number of aromatic nitrogens is 1. The van der Waals surface area contributed by atoms with Crippen molar-refractivity contribution in [2.45, 2.75) is 6.42 Å². The number of hydrogen-bond acceptors (Lipinski definition) is 2. The monoisotopic (exact) mass is 267 g/mol. The van der Waals surface area contributed by atoms with Crippen molar-refractivity contribution < 1.29 is 4.79 Å². The number of carbonyl (C=O) groups excluding carboxylic acids is 1. The van der Waals surface area contributed by atoms with Crippen molar-refractivity contribution in [3.8, 4) is 0 Å². The molecule has 98 valence electrons. The van der Waals surface area contributed by atoms with Crippen molar-refractivity contribution in [2.75, 3.05) is 20.1 Å². The third-order valence-electron chi connectivity index (χ3n) is 2.73. The molecule has 0 saturated carbocycles. The summed E-state index contributed by atoms with van der Waals surface area (Å²) in [6.07, 6.45) is 2.86. The summed E-state index contributed by atoms with van der Waals surface area (Å²) in [5.74, 6) is 0.0346. The fourth-order valence-corrected chi connectivity index (χ4v) is 1.90. The van der Waals surface area contributed by atoms with E-state index in [1.807, 2.05) is 18.3 Å². The van der Waals surface area contributed by atoms with Crippen molar-refractivity contribution in [3.05, 3.63) is 36.0 Å². The van der Waals surface area contributed by atoms with E-state index in [1.165, 1.54) is 10.9 Å². The van der Waals surface area contributed by atoms with Gasteiger partial charge in [0, 0.05) is 23.6 Å². The van der Waals surface area contributed by atoms with Gasteiger partial charge in [-0.3, -0.25) is 4.79 Å². The Morgan fingerprint density at radius 2 is 2.11 bits per heavy atom. The van der Waals surface area contributed by atoms with Crippen LogP contribution in [0.1, 0.15) is 5.56 Å². The van der Waals surface area contributed by atoms with Gasteiger partial charge in [0.05, 0.1) is 6.54 Å². The van der Waals surface area contributed by atoms with Gasteiger partial charge in [-0.25, -0.2) is 0 Å². The molecule has 3 N–H and O–H groups in total. The number of amides is 1. The second kappa shape index (κ2) is 7.03. The van der Waals surface area contributed by atoms with Gasteiger partial charge in [-0.05, 0) is 25.1 Å². The van der Waals surface area contributed by atoms with E-state index in [0.717, 1.165) is 11.9 Å². The predicted molar refractivity (Wildman–Crippen MR) is 76.2 cm³/mol. The number of fused-ring (bicyclic) bond motifs is 1. The first-order valence-electron chi connectivity index (χ1n) is 5.77. The van der Waals surface area contributed by atoms with Crippen molar-refractivity contribution in [1.29, 1.82) is 0 Å². The number of aromatic amines is 1. The largest absolute Gasteiger partial charge is 0.361 e. The smallest absolute Gasteiger partial charge is 0.233 e. The summed E-state index contributed by atoms with van der Waals surface area (Å²) in [4.78, 5) is 14.5. The second-order valence-corrected chi connectivity index (χ2v) is 3.99. The first-order valence-corrected chi connectivity index (χ1v) is 5.77. The summed E-state index contributed by atoms with van der Waals surface area (Å²) in [6, 6.07) is 8.19. The van der Waals surface area contributed by atoms with Gasteiger partial charge < -0.3 is 15.6 Å². The van der Waals surface area contributed by atoms with E-state index in [1.54, 1.807) is 7.05 Å². The van der Waals surface area contributed by atoms with E-state index in [2.05, 4.69) is 27.8 Å². The lowest BCUT2D eigenvalue weighted by Gasteiger charge is -2.03. The van der Waals surface area contributed by atoms with Gasteiger partial charge >= 0.3 is 0 Å². The zero-order chi connectivity index (χ0) is 12.1. The van der Waals surface area contributed by atoms with Crippen LogP contribution in [0.4, 0.5) is 0 Å². The first kappa shape index (κ1) is 14.5. The molecular weight excluding hydrogens is 250 g/mol. The summed E-state index contributed by atoms with van der Waals surface area (Å²) in [7, 11) is 1.76. The van der Waals surface area contributed by atoms with Crippen LogP contribution in [0.5, 0.6) is 0 Å². The van der Waals surface area contributed by atoms with Gasteiger partial charge in [-0.15, -0.1) is 12.4 Å². The number of para-hydroxylation sites is 1. The zero-order valence-corrected chi connectivity index (χ0v) is 11.1. The Morgan fingerprint density at radius 1 is 1.33 bits per heavy atom. The Bertz CT molecular complexity index is 510. The van der Waals surface area contributed by atoms with Crippen LogP contribution in [0.25, 0.3) is 10.9 Å². The standard InChI is InChI=1S/C13H17N3O.ClH/c1-14-9-13(17)15-7-6-10-8-16-12-5-3-2-4-11(10)12;/h2-5,8,14,16H,6-7,9H2,1H3,(H,15,17);1H. The third-order valence-corrected chi connectivity index (χ3v) is 2.73. The molecule has 1 aromatic carbocycles. The molecule has 0 saturated heterocycles. The number of hydrogen-bond donors (Lipinski definition) is 3. The molecule has 1 amide bonds. The van der Waals surface area contributed by atoms with Gasteiger partial charge in [0.25, 0.3) is 0 Å². The lowest BCUT2D eigenvalue weighted by molar-refractivity contribution is -0.120. The topological polar surface area (TPSA) is 56.9 Å². The molecular formula is C13H18ClN3O. The average molecular weight is 268 g/mol. The second-order valence-electron chi connectivity index (χ2n) is 3.99. The quantitative estimate of drug-likeness (QED) is 0.768. The summed E-state index contributed by atoms with van der Waals surface area (Å²) in [5, 5.41) is 6.93. The number of nitrogens with one attached hydrogen (secondary N) is 3. The highest BCUT2D eigenvalue weighted by atomic mass is 35.5. The number of benzene rings is 1. The first-order chi connectivity index (χ1) is 8.31. The highest BCUT2D eigenvalue weighted by Gasteiger charge is 2.03. The Labute approximate surface area is 113 Å². The Morgan fingerprint density at radius 3 is 2.89 bits per heavy atom. The molecule has 1 heterocycles. The van der Waals surface area contributed by atoms with E-state index < -0.39 is 0 Å². The number of rotatable bonds is 5. The van der Waals surface area contributed by atoms with E-state index in [-0.39, 0.29) is 18.3 Å². The van der Waals surface area contributed by atoms with Crippen LogP contribution in [0.15, 0.2) is 30.5 Å². The lowest BCUT2D eigenvalue weighted by Crippen LogP contribution is -2.33. The normalized spacial score (nSPS) is 10.1. The fourth-order valence-electron chi connectivity index (χ4n) is 1.90. The lowest BCUT2D eigenvalue weighted by atomic mass is 10.1. The molecule has 0 aliphatic heterocycles. The molecule has 0 spiro atoms. The van der Waals surface area contributed by atoms with Crippen molar-refractivity contribution in [2.24, 2.45) is 0 Å². The minimum absolute atomic E-state index is 0. The summed E-state index contributed by atoms with van der Waals surface area (Å²) < 4.78 is 0. The minimum atomic E-state index is 0. The fraction of sp³-hybridized carbons (Fsp3) is 0.308. The maximum absolute atomic E-state index is 11.3. The van der Waals surface area contributed by atoms with E-state index in [0.29, 0.717) is 13.1 Å². The van der Waals surface area contributed by atoms with E-state index >= 15 is 0 Å². The van der Waals surface area contributed by atoms with Crippen LogP contribution in [-0.2, 0) is 11.2 Å². The summed E-state index contributed by atoms with van der Waals surface area (Å²) in [5.41, 5.74) is 2.38. The highest BCUT2D eigenvalue weighted by Crippen LogP contribution is 2.17. The van der Waals surface area contributed by atoms with E-state index in [9.17, 15) is 4.79 Å². The van der Waals surface area contributed by atoms with E-state index in [4.69, 9.17) is 0 Å². The molecule has 0 fully saturated rings. The summed E-state index contributed by atoms with van der Waals surface area (Å²) >= 11 is 0. The molecule has 0 aliphatic carbocycles. The van der Waals surface area contributed by atoms with Crippen molar-refractivity contribution in [1.82, 2.24) is 15.6 Å². The van der Waals surface area contributed by atoms with Gasteiger partial charge in [-0.2, -0.15) is 0 Å². The highest BCUT2D eigenvalue weighted by molar-refractivity contribution is 5.85. The van der Waals surface area contributed by atoms with Crippen LogP contribution < -0.4 is 10.6 Å². The molecule has 0 atom stereocenters. The predicted octanol–water partition coefficient (Wildman–Crippen LogP) is 1.47. The molecule has 4 nitrogen and oxygen atoms in total. The zero-order valence-electron chi connectivity index (χ0n) is 10.3. The average Bonchev–Trinajstić information content (AvgIpc) is 2.73. The molecule has 2 rings (SSSR count). The van der Waals surface area contributed by atoms with Gasteiger partial charge in [-0.1, -0.05) is 18.2 Å². The molecule has 0 aliphatic rings. The number of H-pyrrole nitrogens is 1. The van der Waals surface area contributed by atoms with Crippen LogP contribution in [-0.4, -0.2) is 31.0 Å². The van der Waals surface area contributed by atoms with Gasteiger partial charge in [0.15, 0.2) is 0 Å². The van der Waals surface area contributed by atoms with Gasteiger partial charge in [0.1, 0.15) is 0 Å². The number of likely N-dealkylation sites (N-methyl/N-ethyl adjacent to an activating group) is 1. The van der Waals surface area contributed by atoms with Crippen LogP contribution in [0, 0.1) is 0 Å². The minimum Gasteiger partial charge on any atom is -0.361 e. The molecule has 0 radical (unpaired) electrons. The number of halogens is 1. The molecule has 1 aromatic heterocycles. The Hall–Kier alpha value is -1.52. The molecule has 2 aromatic rings. The molecule has 18 heavy (non-hydrogen) atoms. The van der Waals surface area contributed by atoms with Gasteiger partial charge in [0.2, 0.25) is 5.91 Å². The van der Waals surface area contributed by atoms with Crippen molar-refractivity contribution >= 4 is 29.2 Å². The maximum atomic E-state index is 11.3. The maximum Gasteiger partial charge on any atom is 0.233 e. The van der Waals surface area contributed by atoms with Crippen molar-refractivity contribution in [3.63, 3.8) is 0 Å². The Balaban J connectivity index is 0.00000162. The molecule has 5 heteroatoms. The third kappa shape index (κ3) is 3.48. The van der Waals surface area contributed by atoms with Crippen LogP contribution >= 0.6 is 12.4 Å². The van der Waals surface area contributed by atoms with Crippen LogP contribution in [0.3, 0.4) is 0 Å².